The highest BCUT2D eigenvalue weighted by molar-refractivity contribution is 8.00. The Labute approximate surface area is 304 Å². The van der Waals surface area contributed by atoms with E-state index >= 15 is 0 Å². The number of rotatable bonds is 35. The molecular weight excluding hydrogens is 635 g/mol. The minimum absolute atomic E-state index is 0.273. The number of allylic oxidation sites excluding steroid dienone is 6. The average Bonchev–Trinajstić information content (AvgIpc) is 3.08. The van der Waals surface area contributed by atoms with Crippen LogP contribution in [0.3, 0.4) is 0 Å². The van der Waals surface area contributed by atoms with Gasteiger partial charge in [0.25, 0.3) is 0 Å². The maximum absolute atomic E-state index is 11.5. The molecule has 1 heterocycles. The fourth-order valence-corrected chi connectivity index (χ4v) is 6.55. The maximum Gasteiger partial charge on any atom is 0.176 e. The van der Waals surface area contributed by atoms with Crippen molar-refractivity contribution < 1.29 is 18.0 Å². The van der Waals surface area contributed by atoms with Gasteiger partial charge in [0, 0.05) is 18.0 Å². The number of ether oxygens (including phenoxy) is 1. The molecule has 0 aromatic rings. The van der Waals surface area contributed by atoms with Crippen molar-refractivity contribution in [1.29, 1.82) is 0 Å². The minimum atomic E-state index is -1.31. The van der Waals surface area contributed by atoms with Crippen LogP contribution in [0.25, 0.3) is 0 Å². The van der Waals surface area contributed by atoms with Gasteiger partial charge in [-0.1, -0.05) is 140 Å². The molecule has 1 atom stereocenters. The van der Waals surface area contributed by atoms with E-state index < -0.39 is 11.1 Å². The molecule has 0 N–H and O–H groups in total. The molecule has 1 aliphatic heterocycles. The summed E-state index contributed by atoms with van der Waals surface area (Å²) in [5, 5.41) is 0.812. The molecule has 1 rings (SSSR count). The molecular formula is C41H73NO4S2. The molecule has 0 aliphatic carbocycles. The molecule has 0 bridgehead atoms. The quantitative estimate of drug-likeness (QED) is 0.0371. The zero-order chi connectivity index (χ0) is 34.6. The van der Waals surface area contributed by atoms with Crippen molar-refractivity contribution in [2.75, 3.05) is 26.1 Å². The molecule has 0 saturated heterocycles. The predicted molar refractivity (Wildman–Crippen MR) is 212 cm³/mol. The largest absolute Gasteiger partial charge is 0.485 e. The fourth-order valence-electron chi connectivity index (χ4n) is 5.42. The first kappa shape index (κ1) is 44.7. The van der Waals surface area contributed by atoms with Crippen molar-refractivity contribution >= 4 is 23.0 Å². The number of nitrogens with zero attached hydrogens (tertiary/aromatic N) is 1. The third-order valence-electron chi connectivity index (χ3n) is 8.36. The molecule has 0 radical (unpaired) electrons. The van der Waals surface area contributed by atoms with E-state index in [1.54, 1.807) is 10.7 Å². The number of hydrogen-bond acceptors (Lipinski definition) is 6. The van der Waals surface area contributed by atoms with Crippen molar-refractivity contribution in [3.8, 4) is 0 Å². The second kappa shape index (κ2) is 35.5. The SMILES string of the molecule is CCCCC/C=C\C/C=C\CCCCCCCCON1C=C(COS(C)=O)C=C(OCCCCCCCC/C=C\CCCCCCC)S1. The Morgan fingerprint density at radius 2 is 1.08 bits per heavy atom. The molecule has 278 valence electrons. The summed E-state index contributed by atoms with van der Waals surface area (Å²) in [5.41, 5.74) is 0.904. The van der Waals surface area contributed by atoms with Crippen LogP contribution in [0.15, 0.2) is 59.4 Å². The highest BCUT2D eigenvalue weighted by Gasteiger charge is 2.16. The summed E-state index contributed by atoms with van der Waals surface area (Å²) in [6, 6.07) is 0. The standard InChI is InChI=1S/C41H73NO4S2/c1-4-6-8-10-12-14-16-18-20-22-24-26-28-30-32-34-36-45-42-38-40(39-46-48(3)43)37-41(47-42)44-35-33-31-29-27-25-23-21-19-17-15-13-11-9-7-5-2/h12,14,17-20,37-38H,4-11,13,15-16,21-36,39H2,1-3H3/b14-12-,19-17-,20-18-. The average molecular weight is 708 g/mol. The van der Waals surface area contributed by atoms with E-state index in [1.165, 1.54) is 153 Å². The van der Waals surface area contributed by atoms with Crippen molar-refractivity contribution in [2.24, 2.45) is 0 Å². The summed E-state index contributed by atoms with van der Waals surface area (Å²) < 4.78 is 24.7. The Kier molecular flexibility index (Phi) is 33.1. The Morgan fingerprint density at radius 3 is 1.65 bits per heavy atom. The van der Waals surface area contributed by atoms with Gasteiger partial charge in [-0.15, -0.1) is 0 Å². The van der Waals surface area contributed by atoms with E-state index in [1.807, 2.05) is 12.3 Å². The zero-order valence-electron chi connectivity index (χ0n) is 31.3. The van der Waals surface area contributed by atoms with Gasteiger partial charge in [-0.25, -0.2) is 4.21 Å². The lowest BCUT2D eigenvalue weighted by Crippen LogP contribution is -2.17. The molecule has 48 heavy (non-hydrogen) atoms. The topological polar surface area (TPSA) is 48.0 Å². The third-order valence-corrected chi connectivity index (χ3v) is 9.62. The Hall–Kier alpha value is -1.28. The molecule has 0 aromatic carbocycles. The summed E-state index contributed by atoms with van der Waals surface area (Å²) in [5.74, 6) is 0. The van der Waals surface area contributed by atoms with Crippen molar-refractivity contribution in [2.45, 2.75) is 174 Å². The molecule has 5 nitrogen and oxygen atoms in total. The second-order valence-corrected chi connectivity index (χ2v) is 15.0. The normalized spacial score (nSPS) is 14.4. The third kappa shape index (κ3) is 30.8. The predicted octanol–water partition coefficient (Wildman–Crippen LogP) is 13.4. The van der Waals surface area contributed by atoms with Gasteiger partial charge >= 0.3 is 0 Å². The monoisotopic (exact) mass is 707 g/mol. The Morgan fingerprint density at radius 1 is 0.625 bits per heavy atom. The van der Waals surface area contributed by atoms with Crippen LogP contribution in [-0.4, -0.2) is 34.8 Å². The van der Waals surface area contributed by atoms with Gasteiger partial charge in [0.1, 0.15) is 0 Å². The van der Waals surface area contributed by atoms with E-state index in [0.29, 0.717) is 13.2 Å². The first-order chi connectivity index (χ1) is 23.7. The summed E-state index contributed by atoms with van der Waals surface area (Å²) in [7, 11) is 0. The lowest BCUT2D eigenvalue weighted by molar-refractivity contribution is -0.0411. The summed E-state index contributed by atoms with van der Waals surface area (Å²) in [6.07, 6.45) is 51.1. The maximum atomic E-state index is 11.5. The number of hydroxylamine groups is 1. The van der Waals surface area contributed by atoms with Crippen molar-refractivity contribution in [3.05, 3.63) is 59.4 Å². The number of unbranched alkanes of at least 4 members (excludes halogenated alkanes) is 20. The van der Waals surface area contributed by atoms with Crippen LogP contribution in [0.4, 0.5) is 0 Å². The highest BCUT2D eigenvalue weighted by Crippen LogP contribution is 2.30. The van der Waals surface area contributed by atoms with Crippen LogP contribution < -0.4 is 0 Å². The van der Waals surface area contributed by atoms with Gasteiger partial charge < -0.3 is 4.74 Å². The van der Waals surface area contributed by atoms with Crippen LogP contribution in [-0.2, 0) is 24.8 Å². The molecule has 0 saturated carbocycles. The molecule has 0 aromatic heterocycles. The smallest absolute Gasteiger partial charge is 0.176 e. The van der Waals surface area contributed by atoms with Crippen LogP contribution in [0, 0.1) is 0 Å². The van der Waals surface area contributed by atoms with Gasteiger partial charge in [-0.2, -0.15) is 4.47 Å². The van der Waals surface area contributed by atoms with E-state index in [-0.39, 0.29) is 6.61 Å². The molecule has 1 unspecified atom stereocenters. The number of hydrogen-bond donors (Lipinski definition) is 0. The highest BCUT2D eigenvalue weighted by atomic mass is 32.2. The van der Waals surface area contributed by atoms with Crippen molar-refractivity contribution in [1.82, 2.24) is 4.47 Å². The second-order valence-electron chi connectivity index (χ2n) is 13.1. The molecule has 0 fully saturated rings. The van der Waals surface area contributed by atoms with Gasteiger partial charge in [-0.3, -0.25) is 9.02 Å². The minimum Gasteiger partial charge on any atom is -0.485 e. The zero-order valence-corrected chi connectivity index (χ0v) is 32.9. The lowest BCUT2D eigenvalue weighted by atomic mass is 10.1. The van der Waals surface area contributed by atoms with Crippen LogP contribution in [0.2, 0.25) is 0 Å². The van der Waals surface area contributed by atoms with Gasteiger partial charge in [-0.05, 0) is 76.7 Å². The molecule has 7 heteroatoms. The van der Waals surface area contributed by atoms with Crippen LogP contribution >= 0.6 is 11.9 Å². The van der Waals surface area contributed by atoms with Gasteiger partial charge in [0.2, 0.25) is 0 Å². The van der Waals surface area contributed by atoms with Crippen LogP contribution in [0.5, 0.6) is 0 Å². The van der Waals surface area contributed by atoms with E-state index in [0.717, 1.165) is 29.9 Å². The molecule has 0 amide bonds. The Balaban J connectivity index is 2.11. The summed E-state index contributed by atoms with van der Waals surface area (Å²) >= 11 is 0.161. The van der Waals surface area contributed by atoms with E-state index in [2.05, 4.69) is 50.3 Å². The first-order valence-corrected chi connectivity index (χ1v) is 22.0. The van der Waals surface area contributed by atoms with E-state index in [4.69, 9.17) is 13.8 Å². The summed E-state index contributed by atoms with van der Waals surface area (Å²) in [4.78, 5) is 6.05. The first-order valence-electron chi connectivity index (χ1n) is 19.7. The van der Waals surface area contributed by atoms with Crippen LogP contribution in [0.1, 0.15) is 174 Å². The summed E-state index contributed by atoms with van der Waals surface area (Å²) in [6.45, 7) is 6.18. The fraction of sp³-hybridized carbons (Fsp3) is 0.756. The Bertz CT molecular complexity index is 899. The van der Waals surface area contributed by atoms with Gasteiger partial charge in [0.15, 0.2) is 16.2 Å². The van der Waals surface area contributed by atoms with E-state index in [9.17, 15) is 4.21 Å². The van der Waals surface area contributed by atoms with Crippen molar-refractivity contribution in [3.63, 3.8) is 0 Å². The molecule has 1 aliphatic rings. The van der Waals surface area contributed by atoms with Gasteiger partial charge in [0.05, 0.1) is 31.8 Å². The molecule has 0 spiro atoms. The lowest BCUT2D eigenvalue weighted by Gasteiger charge is -2.24.